The summed E-state index contributed by atoms with van der Waals surface area (Å²) in [6, 6.07) is 0. The van der Waals surface area contributed by atoms with E-state index in [0.29, 0.717) is 18.8 Å². The van der Waals surface area contributed by atoms with E-state index in [1.807, 2.05) is 0 Å². The monoisotopic (exact) mass is 360 g/mol. The van der Waals surface area contributed by atoms with E-state index in [1.54, 1.807) is 0 Å². The van der Waals surface area contributed by atoms with Crippen LogP contribution >= 0.6 is 22.6 Å². The zero-order chi connectivity index (χ0) is 12.5. The van der Waals surface area contributed by atoms with Crippen molar-refractivity contribution in [2.24, 2.45) is 17.8 Å². The van der Waals surface area contributed by atoms with Crippen molar-refractivity contribution in [3.63, 3.8) is 0 Å². The van der Waals surface area contributed by atoms with Crippen LogP contribution in [0, 0.1) is 17.8 Å². The molecule has 17 heavy (non-hydrogen) atoms. The molecule has 0 aromatic heterocycles. The van der Waals surface area contributed by atoms with E-state index in [9.17, 15) is 13.2 Å². The molecule has 0 spiro atoms. The smallest absolute Gasteiger partial charge is 0.171 e. The highest BCUT2D eigenvalue weighted by Crippen LogP contribution is 2.45. The summed E-state index contributed by atoms with van der Waals surface area (Å²) in [5.41, 5.74) is 0. The molecule has 0 bridgehead atoms. The van der Waals surface area contributed by atoms with Gasteiger partial charge in [0.15, 0.2) is 0 Å². The molecule has 4 heteroatoms. The standard InChI is InChI=1S/C13H20F3I/c14-13(15,16)11-5-1-9(2-6-11)10-3-7-12(17)8-4-10/h9-12H,1-8H2. The van der Waals surface area contributed by atoms with E-state index in [-0.39, 0.29) is 0 Å². The van der Waals surface area contributed by atoms with Crippen molar-refractivity contribution in [2.75, 3.05) is 0 Å². The molecule has 0 nitrogen and oxygen atoms in total. The predicted molar refractivity (Wildman–Crippen MR) is 71.3 cm³/mol. The van der Waals surface area contributed by atoms with Crippen LogP contribution in [0.1, 0.15) is 51.4 Å². The summed E-state index contributed by atoms with van der Waals surface area (Å²) in [4.78, 5) is 0. The normalized spacial score (nSPS) is 40.2. The van der Waals surface area contributed by atoms with Crippen LogP contribution in [0.3, 0.4) is 0 Å². The van der Waals surface area contributed by atoms with Crippen molar-refractivity contribution >= 4 is 22.6 Å². The summed E-state index contributed by atoms with van der Waals surface area (Å²) in [7, 11) is 0. The zero-order valence-corrected chi connectivity index (χ0v) is 12.1. The molecule has 2 saturated carbocycles. The molecule has 0 N–H and O–H groups in total. The number of alkyl halides is 4. The van der Waals surface area contributed by atoms with Crippen molar-refractivity contribution in [2.45, 2.75) is 61.5 Å². The molecular weight excluding hydrogens is 340 g/mol. The molecule has 0 aromatic rings. The summed E-state index contributed by atoms with van der Waals surface area (Å²) >= 11 is 2.50. The molecule has 0 unspecified atom stereocenters. The summed E-state index contributed by atoms with van der Waals surface area (Å²) < 4.78 is 38.5. The summed E-state index contributed by atoms with van der Waals surface area (Å²) in [5.74, 6) is 0.285. The van der Waals surface area contributed by atoms with E-state index >= 15 is 0 Å². The second kappa shape index (κ2) is 5.66. The van der Waals surface area contributed by atoms with Crippen LogP contribution in [0.25, 0.3) is 0 Å². The lowest BCUT2D eigenvalue weighted by Gasteiger charge is -2.37. The number of rotatable bonds is 1. The summed E-state index contributed by atoms with van der Waals surface area (Å²) in [5, 5.41) is 0. The van der Waals surface area contributed by atoms with Crippen LogP contribution in [0.2, 0.25) is 0 Å². The van der Waals surface area contributed by atoms with E-state index in [1.165, 1.54) is 25.7 Å². The van der Waals surface area contributed by atoms with Crippen molar-refractivity contribution in [3.05, 3.63) is 0 Å². The van der Waals surface area contributed by atoms with Gasteiger partial charge in [-0.25, -0.2) is 0 Å². The fraction of sp³-hybridized carbons (Fsp3) is 1.00. The van der Waals surface area contributed by atoms with Gasteiger partial charge in [-0.2, -0.15) is 13.2 Å². The molecule has 0 radical (unpaired) electrons. The first kappa shape index (κ1) is 13.9. The highest BCUT2D eigenvalue weighted by Gasteiger charge is 2.42. The Labute approximate surface area is 115 Å². The lowest BCUT2D eigenvalue weighted by molar-refractivity contribution is -0.185. The third-order valence-electron chi connectivity index (χ3n) is 4.60. The molecule has 0 amide bonds. The van der Waals surface area contributed by atoms with Crippen molar-refractivity contribution in [1.82, 2.24) is 0 Å². The number of halogens is 4. The van der Waals surface area contributed by atoms with Crippen molar-refractivity contribution < 1.29 is 13.2 Å². The quantitative estimate of drug-likeness (QED) is 0.437. The first-order valence-corrected chi connectivity index (χ1v) is 7.92. The topological polar surface area (TPSA) is 0 Å². The molecule has 2 fully saturated rings. The van der Waals surface area contributed by atoms with Gasteiger partial charge in [-0.1, -0.05) is 22.6 Å². The Balaban J connectivity index is 1.79. The SMILES string of the molecule is FC(F)(F)C1CCC(C2CCC(I)CC2)CC1. The molecule has 100 valence electrons. The fourth-order valence-electron chi connectivity index (χ4n) is 3.47. The Morgan fingerprint density at radius 2 is 1.12 bits per heavy atom. The Morgan fingerprint density at radius 1 is 0.706 bits per heavy atom. The average Bonchev–Trinajstić information content (AvgIpc) is 2.29. The molecule has 0 heterocycles. The molecular formula is C13H20F3I. The van der Waals surface area contributed by atoms with Gasteiger partial charge >= 0.3 is 6.18 Å². The summed E-state index contributed by atoms with van der Waals surface area (Å²) in [6.45, 7) is 0. The maximum Gasteiger partial charge on any atom is 0.391 e. The largest absolute Gasteiger partial charge is 0.391 e. The minimum atomic E-state index is -3.95. The number of hydrogen-bond acceptors (Lipinski definition) is 0. The highest BCUT2D eigenvalue weighted by atomic mass is 127. The predicted octanol–water partition coefficient (Wildman–Crippen LogP) is 5.35. The molecule has 0 aromatic carbocycles. The minimum absolute atomic E-state index is 0.373. The highest BCUT2D eigenvalue weighted by molar-refractivity contribution is 14.1. The van der Waals surface area contributed by atoms with Gasteiger partial charge in [-0.15, -0.1) is 0 Å². The van der Waals surface area contributed by atoms with Gasteiger partial charge in [-0.3, -0.25) is 0 Å². The number of hydrogen-bond donors (Lipinski definition) is 0. The van der Waals surface area contributed by atoms with Crippen LogP contribution in [-0.4, -0.2) is 10.1 Å². The average molecular weight is 360 g/mol. The maximum atomic E-state index is 12.6. The van der Waals surface area contributed by atoms with Crippen LogP contribution < -0.4 is 0 Å². The van der Waals surface area contributed by atoms with Gasteiger partial charge in [0.2, 0.25) is 0 Å². The van der Waals surface area contributed by atoms with Crippen molar-refractivity contribution in [1.29, 1.82) is 0 Å². The van der Waals surface area contributed by atoms with Gasteiger partial charge in [0.25, 0.3) is 0 Å². The molecule has 2 aliphatic rings. The van der Waals surface area contributed by atoms with Gasteiger partial charge < -0.3 is 0 Å². The van der Waals surface area contributed by atoms with Gasteiger partial charge in [0.1, 0.15) is 0 Å². The molecule has 0 saturated heterocycles. The lowest BCUT2D eigenvalue weighted by Crippen LogP contribution is -2.31. The molecule has 0 atom stereocenters. The van der Waals surface area contributed by atoms with Crippen LogP contribution in [0.5, 0.6) is 0 Å². The Kier molecular flexibility index (Phi) is 4.64. The Hall–Kier alpha value is 0.520. The third-order valence-corrected chi connectivity index (χ3v) is 5.85. The van der Waals surface area contributed by atoms with Crippen LogP contribution in [-0.2, 0) is 0 Å². The van der Waals surface area contributed by atoms with E-state index < -0.39 is 12.1 Å². The first-order valence-electron chi connectivity index (χ1n) is 6.67. The molecule has 2 rings (SSSR count). The van der Waals surface area contributed by atoms with Gasteiger partial charge in [0, 0.05) is 3.92 Å². The second-order valence-corrected chi connectivity index (χ2v) is 7.43. The van der Waals surface area contributed by atoms with E-state index in [4.69, 9.17) is 0 Å². The lowest BCUT2D eigenvalue weighted by atomic mass is 9.71. The second-order valence-electron chi connectivity index (χ2n) is 5.67. The molecule has 2 aliphatic carbocycles. The van der Waals surface area contributed by atoms with E-state index in [0.717, 1.165) is 22.7 Å². The minimum Gasteiger partial charge on any atom is -0.171 e. The van der Waals surface area contributed by atoms with Gasteiger partial charge in [0.05, 0.1) is 5.92 Å². The first-order chi connectivity index (χ1) is 7.97. The fourth-order valence-corrected chi connectivity index (χ4v) is 4.19. The van der Waals surface area contributed by atoms with Crippen molar-refractivity contribution in [3.8, 4) is 0 Å². The third kappa shape index (κ3) is 3.74. The molecule has 0 aliphatic heterocycles. The Bertz CT molecular complexity index is 236. The van der Waals surface area contributed by atoms with Crippen LogP contribution in [0.4, 0.5) is 13.2 Å². The maximum absolute atomic E-state index is 12.6. The zero-order valence-electron chi connectivity index (χ0n) is 9.98. The van der Waals surface area contributed by atoms with Crippen LogP contribution in [0.15, 0.2) is 0 Å². The summed E-state index contributed by atoms with van der Waals surface area (Å²) in [6.07, 6.45) is 3.43. The Morgan fingerprint density at radius 3 is 1.53 bits per heavy atom. The van der Waals surface area contributed by atoms with Gasteiger partial charge in [-0.05, 0) is 63.2 Å². The van der Waals surface area contributed by atoms with E-state index in [2.05, 4.69) is 22.6 Å².